The van der Waals surface area contributed by atoms with Crippen LogP contribution in [0.2, 0.25) is 0 Å². The molecule has 1 aliphatic rings. The first-order valence-corrected chi connectivity index (χ1v) is 7.07. The van der Waals surface area contributed by atoms with Crippen molar-refractivity contribution in [1.29, 1.82) is 5.26 Å². The van der Waals surface area contributed by atoms with E-state index in [0.717, 1.165) is 11.1 Å². The number of nitriles is 1. The summed E-state index contributed by atoms with van der Waals surface area (Å²) in [5, 5.41) is 10.1. The molecule has 6 nitrogen and oxygen atoms in total. The van der Waals surface area contributed by atoms with E-state index in [1.165, 1.54) is 0 Å². The van der Waals surface area contributed by atoms with E-state index in [2.05, 4.69) is 16.0 Å². The predicted octanol–water partition coefficient (Wildman–Crippen LogP) is 1.19. The van der Waals surface area contributed by atoms with Crippen molar-refractivity contribution in [1.82, 2.24) is 4.98 Å². The van der Waals surface area contributed by atoms with Crippen LogP contribution < -0.4 is 10.6 Å². The molecule has 2 heterocycles. The van der Waals surface area contributed by atoms with Gasteiger partial charge in [-0.2, -0.15) is 5.26 Å². The third-order valence-electron chi connectivity index (χ3n) is 3.79. The molecule has 6 heteroatoms. The number of hydrogen-bond acceptors (Lipinski definition) is 5. The van der Waals surface area contributed by atoms with Gasteiger partial charge in [0.05, 0.1) is 23.7 Å². The smallest absolute Gasteiger partial charge is 0.248 e. The number of morpholine rings is 1. The number of amides is 1. The number of carbonyl (C=O) groups excluding carboxylic acids is 1. The lowest BCUT2D eigenvalue weighted by Crippen LogP contribution is -2.51. The van der Waals surface area contributed by atoms with Crippen molar-refractivity contribution in [3.8, 4) is 6.07 Å². The van der Waals surface area contributed by atoms with Gasteiger partial charge >= 0.3 is 0 Å². The summed E-state index contributed by atoms with van der Waals surface area (Å²) >= 11 is 0. The quantitative estimate of drug-likeness (QED) is 0.898. The lowest BCUT2D eigenvalue weighted by molar-refractivity contribution is -0.133. The SMILES string of the molecule is C[C@@H]1CN(c2ccc(C#N)c3ncccc23)C[C@@H](C(N)=O)O1. The Morgan fingerprint density at radius 1 is 1.45 bits per heavy atom. The average Bonchev–Trinajstić information content (AvgIpc) is 2.53. The Morgan fingerprint density at radius 2 is 2.27 bits per heavy atom. The van der Waals surface area contributed by atoms with Gasteiger partial charge in [0.25, 0.3) is 0 Å². The van der Waals surface area contributed by atoms with Gasteiger partial charge < -0.3 is 15.4 Å². The van der Waals surface area contributed by atoms with E-state index in [0.29, 0.717) is 24.2 Å². The lowest BCUT2D eigenvalue weighted by Gasteiger charge is -2.37. The zero-order valence-electron chi connectivity index (χ0n) is 12.2. The number of carbonyl (C=O) groups is 1. The van der Waals surface area contributed by atoms with Crippen molar-refractivity contribution in [2.75, 3.05) is 18.0 Å². The molecular weight excluding hydrogens is 280 g/mol. The maximum absolute atomic E-state index is 11.5. The van der Waals surface area contributed by atoms with E-state index < -0.39 is 12.0 Å². The van der Waals surface area contributed by atoms with Gasteiger partial charge in [0.15, 0.2) is 6.10 Å². The fourth-order valence-electron chi connectivity index (χ4n) is 2.83. The van der Waals surface area contributed by atoms with Crippen LogP contribution >= 0.6 is 0 Å². The van der Waals surface area contributed by atoms with Gasteiger partial charge in [-0.25, -0.2) is 0 Å². The molecule has 1 aromatic carbocycles. The van der Waals surface area contributed by atoms with Crippen LogP contribution in [0, 0.1) is 11.3 Å². The second-order valence-corrected chi connectivity index (χ2v) is 5.39. The van der Waals surface area contributed by atoms with Crippen LogP contribution in [0.3, 0.4) is 0 Å². The highest BCUT2D eigenvalue weighted by Crippen LogP contribution is 2.30. The monoisotopic (exact) mass is 296 g/mol. The van der Waals surface area contributed by atoms with E-state index in [4.69, 9.17) is 10.5 Å². The van der Waals surface area contributed by atoms with Crippen LogP contribution in [0.5, 0.6) is 0 Å². The number of benzene rings is 1. The van der Waals surface area contributed by atoms with E-state index in [1.54, 1.807) is 12.3 Å². The number of pyridine rings is 1. The number of ether oxygens (including phenoxy) is 1. The summed E-state index contributed by atoms with van der Waals surface area (Å²) in [6, 6.07) is 9.56. The highest BCUT2D eigenvalue weighted by molar-refractivity contribution is 5.95. The molecule has 2 N–H and O–H groups in total. The molecule has 0 aliphatic carbocycles. The summed E-state index contributed by atoms with van der Waals surface area (Å²) in [6.07, 6.45) is 0.931. The van der Waals surface area contributed by atoms with Crippen molar-refractivity contribution in [3.05, 3.63) is 36.0 Å². The van der Waals surface area contributed by atoms with Crippen molar-refractivity contribution >= 4 is 22.5 Å². The number of rotatable bonds is 2. The van der Waals surface area contributed by atoms with Crippen LogP contribution in [0.4, 0.5) is 5.69 Å². The Balaban J connectivity index is 2.07. The van der Waals surface area contributed by atoms with Crippen LogP contribution in [0.25, 0.3) is 10.9 Å². The number of anilines is 1. The molecule has 0 spiro atoms. The number of primary amides is 1. The van der Waals surface area contributed by atoms with Gasteiger partial charge in [-0.3, -0.25) is 9.78 Å². The molecule has 0 unspecified atom stereocenters. The zero-order valence-corrected chi connectivity index (χ0v) is 12.2. The Hall–Kier alpha value is -2.65. The zero-order chi connectivity index (χ0) is 15.7. The van der Waals surface area contributed by atoms with Crippen LogP contribution in [-0.4, -0.2) is 36.2 Å². The van der Waals surface area contributed by atoms with Gasteiger partial charge in [-0.1, -0.05) is 0 Å². The molecule has 1 aliphatic heterocycles. The molecule has 3 rings (SSSR count). The minimum atomic E-state index is -0.633. The van der Waals surface area contributed by atoms with Crippen LogP contribution in [-0.2, 0) is 9.53 Å². The van der Waals surface area contributed by atoms with E-state index >= 15 is 0 Å². The van der Waals surface area contributed by atoms with Gasteiger partial charge in [0, 0.05) is 23.8 Å². The van der Waals surface area contributed by atoms with E-state index in [9.17, 15) is 10.1 Å². The Kier molecular flexibility index (Phi) is 3.65. The minimum absolute atomic E-state index is 0.103. The predicted molar refractivity (Wildman–Crippen MR) is 82.2 cm³/mol. The molecule has 1 amide bonds. The molecule has 2 aromatic rings. The Morgan fingerprint density at radius 3 is 3.00 bits per heavy atom. The molecule has 112 valence electrons. The average molecular weight is 296 g/mol. The number of nitrogens with two attached hydrogens (primary N) is 1. The maximum atomic E-state index is 11.5. The van der Waals surface area contributed by atoms with Crippen molar-refractivity contribution in [3.63, 3.8) is 0 Å². The molecule has 1 fully saturated rings. The normalized spacial score (nSPS) is 21.5. The Bertz CT molecular complexity index is 768. The number of aromatic nitrogens is 1. The lowest BCUT2D eigenvalue weighted by atomic mass is 10.1. The standard InChI is InChI=1S/C16H16N4O2/c1-10-8-20(9-14(22-10)16(18)21)13-5-4-11(7-17)15-12(13)3-2-6-19-15/h2-6,10,14H,8-9H2,1H3,(H2,18,21)/t10-,14+/m1/s1. The summed E-state index contributed by atoms with van der Waals surface area (Å²) < 4.78 is 5.57. The summed E-state index contributed by atoms with van der Waals surface area (Å²) in [4.78, 5) is 17.8. The van der Waals surface area contributed by atoms with Crippen molar-refractivity contribution in [2.24, 2.45) is 5.73 Å². The third-order valence-corrected chi connectivity index (χ3v) is 3.79. The van der Waals surface area contributed by atoms with Gasteiger partial charge in [0.1, 0.15) is 6.07 Å². The summed E-state index contributed by atoms with van der Waals surface area (Å²) in [6.45, 7) is 2.96. The fourth-order valence-corrected chi connectivity index (χ4v) is 2.83. The highest BCUT2D eigenvalue weighted by atomic mass is 16.5. The molecule has 1 saturated heterocycles. The maximum Gasteiger partial charge on any atom is 0.248 e. The molecule has 22 heavy (non-hydrogen) atoms. The van der Waals surface area contributed by atoms with Gasteiger partial charge in [-0.05, 0) is 31.2 Å². The fraction of sp³-hybridized carbons (Fsp3) is 0.312. The second-order valence-electron chi connectivity index (χ2n) is 5.39. The molecule has 2 atom stereocenters. The molecular formula is C16H16N4O2. The topological polar surface area (TPSA) is 92.2 Å². The van der Waals surface area contributed by atoms with Crippen LogP contribution in [0.1, 0.15) is 12.5 Å². The van der Waals surface area contributed by atoms with E-state index in [-0.39, 0.29) is 6.10 Å². The minimum Gasteiger partial charge on any atom is -0.367 e. The first kappa shape index (κ1) is 14.3. The molecule has 0 radical (unpaired) electrons. The first-order valence-electron chi connectivity index (χ1n) is 7.07. The third kappa shape index (κ3) is 2.47. The van der Waals surface area contributed by atoms with Crippen molar-refractivity contribution < 1.29 is 9.53 Å². The highest BCUT2D eigenvalue weighted by Gasteiger charge is 2.30. The Labute approximate surface area is 128 Å². The molecule has 0 bridgehead atoms. The number of hydrogen-bond donors (Lipinski definition) is 1. The summed E-state index contributed by atoms with van der Waals surface area (Å²) in [5.41, 5.74) is 7.51. The van der Waals surface area contributed by atoms with Crippen molar-refractivity contribution in [2.45, 2.75) is 19.1 Å². The first-order chi connectivity index (χ1) is 10.6. The largest absolute Gasteiger partial charge is 0.367 e. The van der Waals surface area contributed by atoms with Crippen LogP contribution in [0.15, 0.2) is 30.5 Å². The van der Waals surface area contributed by atoms with Gasteiger partial charge in [0.2, 0.25) is 5.91 Å². The summed E-state index contributed by atoms with van der Waals surface area (Å²) in [7, 11) is 0. The molecule has 1 aromatic heterocycles. The number of fused-ring (bicyclic) bond motifs is 1. The van der Waals surface area contributed by atoms with Gasteiger partial charge in [-0.15, -0.1) is 0 Å². The molecule has 0 saturated carbocycles. The summed E-state index contributed by atoms with van der Waals surface area (Å²) in [5.74, 6) is -0.465. The van der Waals surface area contributed by atoms with E-state index in [1.807, 2.05) is 25.1 Å². The second kappa shape index (κ2) is 5.62. The number of nitrogens with zero attached hydrogens (tertiary/aromatic N) is 3.